The highest BCUT2D eigenvalue weighted by Crippen LogP contribution is 2.20. The van der Waals surface area contributed by atoms with Crippen molar-refractivity contribution in [3.05, 3.63) is 35.9 Å². The zero-order valence-corrected chi connectivity index (χ0v) is 13.8. The first-order valence-electron chi connectivity index (χ1n) is 8.81. The van der Waals surface area contributed by atoms with Gasteiger partial charge in [-0.1, -0.05) is 6.07 Å². The standard InChI is InChI=1S/C18H22N4O2/c23-17(20-9-3-1-4-10-20)15-14-8-2-5-13-22(14)16(19-15)18(24)21-11-6-7-12-21/h2,5,8,13H,1,3-4,6-7,9-12H2. The first-order chi connectivity index (χ1) is 11.8. The molecule has 24 heavy (non-hydrogen) atoms. The van der Waals surface area contributed by atoms with E-state index in [1.807, 2.05) is 34.2 Å². The number of carbonyl (C=O) groups is 2. The van der Waals surface area contributed by atoms with Crippen LogP contribution in [0.15, 0.2) is 24.4 Å². The van der Waals surface area contributed by atoms with E-state index in [0.29, 0.717) is 11.5 Å². The summed E-state index contributed by atoms with van der Waals surface area (Å²) in [5.74, 6) is 0.220. The minimum atomic E-state index is -0.0774. The fourth-order valence-corrected chi connectivity index (χ4v) is 3.65. The summed E-state index contributed by atoms with van der Waals surface area (Å²) in [4.78, 5) is 33.9. The summed E-state index contributed by atoms with van der Waals surface area (Å²) < 4.78 is 1.76. The number of piperidine rings is 1. The maximum absolute atomic E-state index is 12.9. The van der Waals surface area contributed by atoms with E-state index in [4.69, 9.17) is 0 Å². The van der Waals surface area contributed by atoms with Crippen LogP contribution in [0.1, 0.15) is 53.2 Å². The SMILES string of the molecule is O=C(c1nc(C(=O)N2CCCC2)n2ccccc12)N1CCCCC1. The summed E-state index contributed by atoms with van der Waals surface area (Å²) in [7, 11) is 0. The molecule has 2 saturated heterocycles. The highest BCUT2D eigenvalue weighted by atomic mass is 16.2. The van der Waals surface area contributed by atoms with Gasteiger partial charge in [0, 0.05) is 32.4 Å². The molecule has 126 valence electrons. The van der Waals surface area contributed by atoms with Crippen molar-refractivity contribution in [3.63, 3.8) is 0 Å². The van der Waals surface area contributed by atoms with Gasteiger partial charge in [-0.3, -0.25) is 14.0 Å². The Morgan fingerprint density at radius 3 is 2.17 bits per heavy atom. The lowest BCUT2D eigenvalue weighted by atomic mass is 10.1. The topological polar surface area (TPSA) is 57.9 Å². The zero-order chi connectivity index (χ0) is 16.5. The molecule has 2 amide bonds. The van der Waals surface area contributed by atoms with Gasteiger partial charge in [0.15, 0.2) is 5.69 Å². The molecule has 0 N–H and O–H groups in total. The number of fused-ring (bicyclic) bond motifs is 1. The minimum absolute atomic E-state index is 0.0566. The molecule has 2 aromatic rings. The van der Waals surface area contributed by atoms with Crippen LogP contribution >= 0.6 is 0 Å². The molecule has 0 saturated carbocycles. The second-order valence-corrected chi connectivity index (χ2v) is 6.59. The highest BCUT2D eigenvalue weighted by Gasteiger charge is 2.28. The normalized spacial score (nSPS) is 18.3. The van der Waals surface area contributed by atoms with Crippen molar-refractivity contribution in [1.29, 1.82) is 0 Å². The first kappa shape index (κ1) is 15.2. The number of rotatable bonds is 2. The molecule has 6 nitrogen and oxygen atoms in total. The Kier molecular flexibility index (Phi) is 3.96. The number of hydrogen-bond acceptors (Lipinski definition) is 3. The number of hydrogen-bond donors (Lipinski definition) is 0. The zero-order valence-electron chi connectivity index (χ0n) is 13.8. The Balaban J connectivity index is 1.73. The molecule has 0 bridgehead atoms. The second kappa shape index (κ2) is 6.26. The summed E-state index contributed by atoms with van der Waals surface area (Å²) in [6, 6.07) is 5.61. The number of likely N-dealkylation sites (tertiary alicyclic amines) is 2. The minimum Gasteiger partial charge on any atom is -0.337 e. The summed E-state index contributed by atoms with van der Waals surface area (Å²) in [6.45, 7) is 3.10. The van der Waals surface area contributed by atoms with Crippen molar-refractivity contribution >= 4 is 17.3 Å². The van der Waals surface area contributed by atoms with Gasteiger partial charge in [0.1, 0.15) is 0 Å². The van der Waals surface area contributed by atoms with E-state index in [0.717, 1.165) is 57.4 Å². The van der Waals surface area contributed by atoms with Gasteiger partial charge in [-0.15, -0.1) is 0 Å². The molecular weight excluding hydrogens is 304 g/mol. The van der Waals surface area contributed by atoms with E-state index in [1.54, 1.807) is 4.40 Å². The average Bonchev–Trinajstić information content (AvgIpc) is 3.29. The van der Waals surface area contributed by atoms with Gasteiger partial charge in [-0.05, 0) is 44.2 Å². The van der Waals surface area contributed by atoms with Gasteiger partial charge in [-0.25, -0.2) is 4.98 Å². The third kappa shape index (κ3) is 2.56. The Bertz CT molecular complexity index is 770. The predicted octanol–water partition coefficient (Wildman–Crippen LogP) is 2.20. The molecule has 2 aliphatic rings. The van der Waals surface area contributed by atoms with Gasteiger partial charge in [-0.2, -0.15) is 0 Å². The third-order valence-electron chi connectivity index (χ3n) is 4.98. The van der Waals surface area contributed by atoms with Crippen LogP contribution in [0.3, 0.4) is 0 Å². The number of amides is 2. The number of nitrogens with zero attached hydrogens (tertiary/aromatic N) is 4. The van der Waals surface area contributed by atoms with Crippen LogP contribution in [0, 0.1) is 0 Å². The molecule has 2 aromatic heterocycles. The molecule has 0 spiro atoms. The second-order valence-electron chi connectivity index (χ2n) is 6.59. The molecule has 0 radical (unpaired) electrons. The fourth-order valence-electron chi connectivity index (χ4n) is 3.65. The predicted molar refractivity (Wildman–Crippen MR) is 90.1 cm³/mol. The van der Waals surface area contributed by atoms with Gasteiger partial charge in [0.25, 0.3) is 11.8 Å². The number of pyridine rings is 1. The Hall–Kier alpha value is -2.37. The van der Waals surface area contributed by atoms with E-state index in [9.17, 15) is 9.59 Å². The summed E-state index contributed by atoms with van der Waals surface area (Å²) in [5, 5.41) is 0. The lowest BCUT2D eigenvalue weighted by Gasteiger charge is -2.25. The van der Waals surface area contributed by atoms with Crippen LogP contribution in [-0.2, 0) is 0 Å². The monoisotopic (exact) mass is 326 g/mol. The van der Waals surface area contributed by atoms with Crippen molar-refractivity contribution in [1.82, 2.24) is 19.2 Å². The lowest BCUT2D eigenvalue weighted by Crippen LogP contribution is -2.36. The molecule has 4 heterocycles. The molecule has 0 aliphatic carbocycles. The molecule has 0 atom stereocenters. The first-order valence-corrected chi connectivity index (χ1v) is 8.81. The molecule has 0 unspecified atom stereocenters. The molecule has 6 heteroatoms. The van der Waals surface area contributed by atoms with Gasteiger partial charge in [0.05, 0.1) is 5.52 Å². The van der Waals surface area contributed by atoms with Gasteiger partial charge < -0.3 is 9.80 Å². The quantitative estimate of drug-likeness (QED) is 0.850. The van der Waals surface area contributed by atoms with E-state index < -0.39 is 0 Å². The van der Waals surface area contributed by atoms with Crippen LogP contribution in [0.2, 0.25) is 0 Å². The lowest BCUT2D eigenvalue weighted by molar-refractivity contribution is 0.0720. The van der Waals surface area contributed by atoms with Crippen molar-refractivity contribution in [3.8, 4) is 0 Å². The van der Waals surface area contributed by atoms with Crippen molar-refractivity contribution in [2.45, 2.75) is 32.1 Å². The van der Waals surface area contributed by atoms with E-state index in [2.05, 4.69) is 4.98 Å². The summed E-state index contributed by atoms with van der Waals surface area (Å²) in [5.41, 5.74) is 1.12. The molecular formula is C18H22N4O2. The van der Waals surface area contributed by atoms with Crippen molar-refractivity contribution < 1.29 is 9.59 Å². The molecule has 2 aliphatic heterocycles. The molecule has 2 fully saturated rings. The Morgan fingerprint density at radius 1 is 0.833 bits per heavy atom. The fraction of sp³-hybridized carbons (Fsp3) is 0.500. The maximum Gasteiger partial charge on any atom is 0.290 e. The summed E-state index contributed by atoms with van der Waals surface area (Å²) >= 11 is 0. The number of imidazole rings is 1. The Morgan fingerprint density at radius 2 is 1.46 bits per heavy atom. The van der Waals surface area contributed by atoms with Gasteiger partial charge >= 0.3 is 0 Å². The van der Waals surface area contributed by atoms with Crippen LogP contribution in [-0.4, -0.2) is 57.2 Å². The average molecular weight is 326 g/mol. The summed E-state index contributed by atoms with van der Waals surface area (Å²) in [6.07, 6.45) is 7.14. The van der Waals surface area contributed by atoms with E-state index in [-0.39, 0.29) is 11.8 Å². The van der Waals surface area contributed by atoms with Gasteiger partial charge in [0.2, 0.25) is 5.82 Å². The van der Waals surface area contributed by atoms with Crippen LogP contribution < -0.4 is 0 Å². The molecule has 0 aromatic carbocycles. The largest absolute Gasteiger partial charge is 0.337 e. The maximum atomic E-state index is 12.9. The highest BCUT2D eigenvalue weighted by molar-refractivity contribution is 6.02. The van der Waals surface area contributed by atoms with E-state index in [1.165, 1.54) is 6.42 Å². The molecule has 4 rings (SSSR count). The van der Waals surface area contributed by atoms with Crippen LogP contribution in [0.4, 0.5) is 0 Å². The van der Waals surface area contributed by atoms with Crippen LogP contribution in [0.5, 0.6) is 0 Å². The smallest absolute Gasteiger partial charge is 0.290 e. The number of aromatic nitrogens is 2. The third-order valence-corrected chi connectivity index (χ3v) is 4.98. The number of carbonyl (C=O) groups excluding carboxylic acids is 2. The van der Waals surface area contributed by atoms with E-state index >= 15 is 0 Å². The van der Waals surface area contributed by atoms with Crippen molar-refractivity contribution in [2.24, 2.45) is 0 Å². The van der Waals surface area contributed by atoms with Crippen molar-refractivity contribution in [2.75, 3.05) is 26.2 Å². The Labute approximate surface area is 141 Å². The van der Waals surface area contributed by atoms with Crippen LogP contribution in [0.25, 0.3) is 5.52 Å².